The van der Waals surface area contributed by atoms with Crippen LogP contribution in [-0.4, -0.2) is 65.9 Å². The van der Waals surface area contributed by atoms with Crippen molar-refractivity contribution in [2.24, 2.45) is 0 Å². The molecule has 4 aliphatic rings. The van der Waals surface area contributed by atoms with Crippen molar-refractivity contribution < 1.29 is 23.9 Å². The second-order valence-corrected chi connectivity index (χ2v) is 8.81. The Labute approximate surface area is 179 Å². The zero-order valence-corrected chi connectivity index (χ0v) is 17.2. The fourth-order valence-electron chi connectivity index (χ4n) is 5.19. The zero-order valence-electron chi connectivity index (χ0n) is 17.2. The van der Waals surface area contributed by atoms with Gasteiger partial charge in [-0.3, -0.25) is 29.4 Å². The second-order valence-electron chi connectivity index (χ2n) is 8.81. The molecule has 9 heteroatoms. The summed E-state index contributed by atoms with van der Waals surface area (Å²) in [7, 11) is 0. The Morgan fingerprint density at radius 1 is 1.13 bits per heavy atom. The third-order valence-electron chi connectivity index (χ3n) is 6.86. The van der Waals surface area contributed by atoms with Gasteiger partial charge in [-0.15, -0.1) is 0 Å². The fourth-order valence-corrected chi connectivity index (χ4v) is 5.19. The molecule has 164 valence electrons. The number of nitrogens with zero attached hydrogens (tertiary/aromatic N) is 1. The summed E-state index contributed by atoms with van der Waals surface area (Å²) >= 11 is 0. The zero-order chi connectivity index (χ0) is 21.6. The molecule has 5 rings (SSSR count). The van der Waals surface area contributed by atoms with Crippen molar-refractivity contribution in [2.75, 3.05) is 19.7 Å². The summed E-state index contributed by atoms with van der Waals surface area (Å²) in [4.78, 5) is 50.8. The van der Waals surface area contributed by atoms with Crippen molar-refractivity contribution in [3.63, 3.8) is 0 Å². The van der Waals surface area contributed by atoms with Crippen LogP contribution < -0.4 is 16.0 Å². The number of benzene rings is 1. The van der Waals surface area contributed by atoms with Crippen molar-refractivity contribution in [1.82, 2.24) is 20.9 Å². The van der Waals surface area contributed by atoms with Gasteiger partial charge < -0.3 is 15.4 Å². The number of hydrogen-bond donors (Lipinski definition) is 3. The van der Waals surface area contributed by atoms with Gasteiger partial charge in [0.2, 0.25) is 11.8 Å². The van der Waals surface area contributed by atoms with Crippen LogP contribution in [0.1, 0.15) is 58.4 Å². The van der Waals surface area contributed by atoms with E-state index in [-0.39, 0.29) is 30.4 Å². The molecular formula is C22H26N4O5. The first kappa shape index (κ1) is 20.3. The van der Waals surface area contributed by atoms with Crippen LogP contribution in [0.5, 0.6) is 0 Å². The van der Waals surface area contributed by atoms with E-state index in [0.717, 1.165) is 42.8 Å². The van der Waals surface area contributed by atoms with Gasteiger partial charge in [-0.2, -0.15) is 0 Å². The Balaban J connectivity index is 1.30. The van der Waals surface area contributed by atoms with E-state index in [4.69, 9.17) is 4.74 Å². The lowest BCUT2D eigenvalue weighted by Crippen LogP contribution is -2.54. The standard InChI is InChI=1S/C22H26N4O5/c27-17-5-4-16(19(28)25-17)26-20(29)15-3-1-2-13(18(15)21(26)30)11-24-14-10-22(31-12-14)6-8-23-9-7-22/h1-3,14,16,23-24H,4-12H2,(H,25,27,28). The van der Waals surface area contributed by atoms with Crippen molar-refractivity contribution in [3.05, 3.63) is 34.9 Å². The fraction of sp³-hybridized carbons (Fsp3) is 0.545. The van der Waals surface area contributed by atoms with E-state index in [1.165, 1.54) is 0 Å². The molecule has 1 aromatic rings. The van der Waals surface area contributed by atoms with Gasteiger partial charge in [0.25, 0.3) is 11.8 Å². The quantitative estimate of drug-likeness (QED) is 0.584. The molecule has 9 nitrogen and oxygen atoms in total. The molecule has 0 aromatic heterocycles. The molecule has 0 aliphatic carbocycles. The molecule has 0 radical (unpaired) electrons. The number of imide groups is 2. The molecule has 4 heterocycles. The van der Waals surface area contributed by atoms with Crippen LogP contribution in [0.3, 0.4) is 0 Å². The van der Waals surface area contributed by atoms with Gasteiger partial charge in [-0.1, -0.05) is 12.1 Å². The molecule has 3 saturated heterocycles. The number of nitrogens with one attached hydrogen (secondary N) is 3. The van der Waals surface area contributed by atoms with Crippen molar-refractivity contribution in [1.29, 1.82) is 0 Å². The third kappa shape index (κ3) is 3.56. The van der Waals surface area contributed by atoms with Crippen LogP contribution in [0.15, 0.2) is 18.2 Å². The second kappa shape index (κ2) is 7.81. The number of ether oxygens (including phenoxy) is 1. The Hall–Kier alpha value is -2.62. The summed E-state index contributed by atoms with van der Waals surface area (Å²) in [6, 6.07) is 4.45. The van der Waals surface area contributed by atoms with Crippen LogP contribution in [0, 0.1) is 0 Å². The van der Waals surface area contributed by atoms with E-state index >= 15 is 0 Å². The summed E-state index contributed by atoms with van der Waals surface area (Å²) in [6.45, 7) is 3.00. The Morgan fingerprint density at radius 3 is 2.71 bits per heavy atom. The first-order valence-electron chi connectivity index (χ1n) is 10.9. The minimum absolute atomic E-state index is 0.0596. The summed E-state index contributed by atoms with van der Waals surface area (Å²) in [5, 5.41) is 9.08. The number of fused-ring (bicyclic) bond motifs is 1. The first-order valence-corrected chi connectivity index (χ1v) is 10.9. The van der Waals surface area contributed by atoms with Gasteiger partial charge in [-0.25, -0.2) is 0 Å². The molecule has 3 N–H and O–H groups in total. The van der Waals surface area contributed by atoms with Crippen LogP contribution in [0.4, 0.5) is 0 Å². The van der Waals surface area contributed by atoms with Gasteiger partial charge in [0.05, 0.1) is 23.3 Å². The topological polar surface area (TPSA) is 117 Å². The van der Waals surface area contributed by atoms with Crippen LogP contribution in [0.25, 0.3) is 0 Å². The van der Waals surface area contributed by atoms with E-state index in [1.54, 1.807) is 12.1 Å². The van der Waals surface area contributed by atoms with Crippen LogP contribution in [0.2, 0.25) is 0 Å². The lowest BCUT2D eigenvalue weighted by molar-refractivity contribution is -0.136. The summed E-state index contributed by atoms with van der Waals surface area (Å²) < 4.78 is 6.13. The average molecular weight is 426 g/mol. The summed E-state index contributed by atoms with van der Waals surface area (Å²) in [5.74, 6) is -1.92. The van der Waals surface area contributed by atoms with Gasteiger partial charge >= 0.3 is 0 Å². The number of piperidine rings is 2. The third-order valence-corrected chi connectivity index (χ3v) is 6.86. The van der Waals surface area contributed by atoms with Crippen molar-refractivity contribution in [3.8, 4) is 0 Å². The average Bonchev–Trinajstić information content (AvgIpc) is 3.26. The van der Waals surface area contributed by atoms with E-state index in [9.17, 15) is 19.2 Å². The normalized spacial score (nSPS) is 27.7. The molecule has 0 bridgehead atoms. The van der Waals surface area contributed by atoms with Gasteiger partial charge in [0.1, 0.15) is 6.04 Å². The highest BCUT2D eigenvalue weighted by atomic mass is 16.5. The Kier molecular flexibility index (Phi) is 5.11. The lowest BCUT2D eigenvalue weighted by Gasteiger charge is -2.32. The highest BCUT2D eigenvalue weighted by Crippen LogP contribution is 2.34. The van der Waals surface area contributed by atoms with Gasteiger partial charge in [0, 0.05) is 19.0 Å². The lowest BCUT2D eigenvalue weighted by atomic mass is 9.88. The van der Waals surface area contributed by atoms with E-state index < -0.39 is 23.8 Å². The van der Waals surface area contributed by atoms with Crippen molar-refractivity contribution in [2.45, 2.75) is 56.3 Å². The van der Waals surface area contributed by atoms with Gasteiger partial charge in [0.15, 0.2) is 0 Å². The first-order chi connectivity index (χ1) is 15.0. The maximum Gasteiger partial charge on any atom is 0.262 e. The largest absolute Gasteiger partial charge is 0.373 e. The number of amides is 4. The molecule has 31 heavy (non-hydrogen) atoms. The van der Waals surface area contributed by atoms with E-state index in [0.29, 0.717) is 24.3 Å². The number of carbonyl (C=O) groups is 4. The van der Waals surface area contributed by atoms with Crippen LogP contribution in [-0.2, 0) is 20.9 Å². The summed E-state index contributed by atoms with van der Waals surface area (Å²) in [6.07, 6.45) is 3.19. The monoisotopic (exact) mass is 426 g/mol. The molecule has 0 saturated carbocycles. The van der Waals surface area contributed by atoms with Crippen molar-refractivity contribution >= 4 is 23.6 Å². The smallest absolute Gasteiger partial charge is 0.262 e. The molecule has 4 aliphatic heterocycles. The predicted octanol–water partition coefficient (Wildman–Crippen LogP) is 0.0885. The molecule has 1 aromatic carbocycles. The minimum atomic E-state index is -0.950. The molecular weight excluding hydrogens is 400 g/mol. The Bertz CT molecular complexity index is 955. The SMILES string of the molecule is O=C1CCC(N2C(=O)c3cccc(CNC4COC5(CCNCC5)C4)c3C2=O)C(=O)N1. The maximum atomic E-state index is 13.2. The maximum absolute atomic E-state index is 13.2. The molecule has 4 amide bonds. The number of carbonyl (C=O) groups excluding carboxylic acids is 4. The van der Waals surface area contributed by atoms with E-state index in [1.807, 2.05) is 6.07 Å². The highest BCUT2D eigenvalue weighted by Gasteiger charge is 2.46. The van der Waals surface area contributed by atoms with Gasteiger partial charge in [-0.05, 0) is 50.4 Å². The molecule has 2 unspecified atom stereocenters. The summed E-state index contributed by atoms with van der Waals surface area (Å²) in [5.41, 5.74) is 1.33. The predicted molar refractivity (Wildman–Crippen MR) is 109 cm³/mol. The number of hydrogen-bond acceptors (Lipinski definition) is 7. The number of rotatable bonds is 4. The van der Waals surface area contributed by atoms with E-state index in [2.05, 4.69) is 16.0 Å². The van der Waals surface area contributed by atoms with Crippen LogP contribution >= 0.6 is 0 Å². The molecule has 2 atom stereocenters. The highest BCUT2D eigenvalue weighted by molar-refractivity contribution is 6.24. The minimum Gasteiger partial charge on any atom is -0.373 e. The molecule has 3 fully saturated rings. The Morgan fingerprint density at radius 2 is 1.94 bits per heavy atom. The molecule has 1 spiro atoms.